The molecule has 1 fully saturated rings. The van der Waals surface area contributed by atoms with Gasteiger partial charge < -0.3 is 14.8 Å². The maximum atomic E-state index is 12.0. The summed E-state index contributed by atoms with van der Waals surface area (Å²) in [5.41, 5.74) is 1.96. The summed E-state index contributed by atoms with van der Waals surface area (Å²) in [5.74, 6) is 0.771. The van der Waals surface area contributed by atoms with Crippen LogP contribution >= 0.6 is 0 Å². The molecule has 1 aliphatic heterocycles. The zero-order valence-electron chi connectivity index (χ0n) is 16.0. The number of nitro groups is 1. The van der Waals surface area contributed by atoms with Crippen molar-refractivity contribution in [2.75, 3.05) is 23.4 Å². The summed E-state index contributed by atoms with van der Waals surface area (Å²) in [6, 6.07) is 12.0. The summed E-state index contributed by atoms with van der Waals surface area (Å²) in [7, 11) is 0. The molecular formula is C20H23N3O5. The molecule has 0 aromatic heterocycles. The van der Waals surface area contributed by atoms with Gasteiger partial charge in [0.2, 0.25) is 0 Å². The fourth-order valence-corrected chi connectivity index (χ4v) is 3.04. The summed E-state index contributed by atoms with van der Waals surface area (Å²) in [6.07, 6.45) is -0.440. The molecule has 1 N–H and O–H groups in total. The highest BCUT2D eigenvalue weighted by atomic mass is 16.6. The Morgan fingerprint density at radius 2 is 2.00 bits per heavy atom. The smallest absolute Gasteiger partial charge is 0.414 e. The van der Waals surface area contributed by atoms with E-state index in [9.17, 15) is 14.9 Å². The highest BCUT2D eigenvalue weighted by Crippen LogP contribution is 2.34. The van der Waals surface area contributed by atoms with Gasteiger partial charge in [0.25, 0.3) is 5.69 Å². The van der Waals surface area contributed by atoms with Gasteiger partial charge in [0.1, 0.15) is 12.4 Å². The zero-order chi connectivity index (χ0) is 20.3. The van der Waals surface area contributed by atoms with Crippen molar-refractivity contribution in [2.45, 2.75) is 32.9 Å². The number of ether oxygens (including phenoxy) is 2. The minimum atomic E-state index is -0.511. The van der Waals surface area contributed by atoms with E-state index in [-0.39, 0.29) is 24.4 Å². The molecule has 1 saturated heterocycles. The molecule has 8 nitrogen and oxygen atoms in total. The van der Waals surface area contributed by atoms with E-state index in [1.54, 1.807) is 6.07 Å². The molecule has 2 aromatic rings. The summed E-state index contributed by atoms with van der Waals surface area (Å²) in [4.78, 5) is 24.1. The largest absolute Gasteiger partial charge is 0.491 e. The van der Waals surface area contributed by atoms with Gasteiger partial charge in [0.15, 0.2) is 0 Å². The van der Waals surface area contributed by atoms with Gasteiger partial charge in [-0.05, 0) is 44.5 Å². The summed E-state index contributed by atoms with van der Waals surface area (Å²) >= 11 is 0. The fraction of sp³-hybridized carbons (Fsp3) is 0.350. The molecular weight excluding hydrogens is 362 g/mol. The Kier molecular flexibility index (Phi) is 5.67. The van der Waals surface area contributed by atoms with Gasteiger partial charge in [-0.1, -0.05) is 12.1 Å². The number of cyclic esters (lactones) is 1. The van der Waals surface area contributed by atoms with Gasteiger partial charge in [0.05, 0.1) is 28.9 Å². The Labute approximate surface area is 163 Å². The minimum absolute atomic E-state index is 0.0703. The lowest BCUT2D eigenvalue weighted by molar-refractivity contribution is -0.384. The first-order valence-corrected chi connectivity index (χ1v) is 9.11. The number of nitrogens with zero attached hydrogens (tertiary/aromatic N) is 2. The average molecular weight is 385 g/mol. The van der Waals surface area contributed by atoms with Crippen LogP contribution in [-0.4, -0.2) is 30.3 Å². The molecule has 8 heteroatoms. The second kappa shape index (κ2) is 8.16. The Bertz CT molecular complexity index is 884. The third-order valence-electron chi connectivity index (χ3n) is 4.35. The van der Waals surface area contributed by atoms with Crippen LogP contribution in [0.15, 0.2) is 42.5 Å². The number of benzene rings is 2. The standard InChI is InChI=1S/C20H23N3O5/c1-13(2)28-17-6-4-5-15(11-17)14(3)21-18-8-7-16(23(25)26)12-19(18)22-9-10-27-20(22)24/h4-8,11-14,21H,9-10H2,1-3H3. The molecule has 0 saturated carbocycles. The number of rotatable bonds is 7. The van der Waals surface area contributed by atoms with E-state index in [1.165, 1.54) is 17.0 Å². The van der Waals surface area contributed by atoms with E-state index in [0.717, 1.165) is 11.3 Å². The van der Waals surface area contributed by atoms with E-state index in [2.05, 4.69) is 5.32 Å². The third kappa shape index (κ3) is 4.33. The van der Waals surface area contributed by atoms with E-state index < -0.39 is 11.0 Å². The van der Waals surface area contributed by atoms with Gasteiger partial charge in [0, 0.05) is 18.2 Å². The lowest BCUT2D eigenvalue weighted by Crippen LogP contribution is -2.25. The molecule has 1 aliphatic rings. The summed E-state index contributed by atoms with van der Waals surface area (Å²) < 4.78 is 10.7. The van der Waals surface area contributed by atoms with Gasteiger partial charge in [-0.15, -0.1) is 0 Å². The number of anilines is 2. The zero-order valence-corrected chi connectivity index (χ0v) is 16.0. The maximum Gasteiger partial charge on any atom is 0.414 e. The third-order valence-corrected chi connectivity index (χ3v) is 4.35. The number of nitrogens with one attached hydrogen (secondary N) is 1. The first kappa shape index (κ1) is 19.5. The lowest BCUT2D eigenvalue weighted by Gasteiger charge is -2.22. The number of hydrogen-bond donors (Lipinski definition) is 1. The van der Waals surface area contributed by atoms with Crippen molar-refractivity contribution in [1.29, 1.82) is 0 Å². The second-order valence-electron chi connectivity index (χ2n) is 6.83. The molecule has 1 heterocycles. The molecule has 0 radical (unpaired) electrons. The normalized spacial score (nSPS) is 14.7. The quantitative estimate of drug-likeness (QED) is 0.557. The van der Waals surface area contributed by atoms with Crippen molar-refractivity contribution in [1.82, 2.24) is 0 Å². The van der Waals surface area contributed by atoms with Gasteiger partial charge in [-0.25, -0.2) is 4.79 Å². The van der Waals surface area contributed by atoms with Crippen molar-refractivity contribution >= 4 is 23.2 Å². The Hall–Kier alpha value is -3.29. The average Bonchev–Trinajstić information content (AvgIpc) is 3.07. The highest BCUT2D eigenvalue weighted by molar-refractivity contribution is 5.94. The number of hydrogen-bond acceptors (Lipinski definition) is 6. The van der Waals surface area contributed by atoms with Crippen molar-refractivity contribution in [2.24, 2.45) is 0 Å². The van der Waals surface area contributed by atoms with Crippen molar-refractivity contribution in [3.8, 4) is 5.75 Å². The second-order valence-corrected chi connectivity index (χ2v) is 6.83. The van der Waals surface area contributed by atoms with Gasteiger partial charge >= 0.3 is 6.09 Å². The van der Waals surface area contributed by atoms with Gasteiger partial charge in [-0.3, -0.25) is 15.0 Å². The first-order chi connectivity index (χ1) is 13.3. The molecule has 28 heavy (non-hydrogen) atoms. The van der Waals surface area contributed by atoms with E-state index in [0.29, 0.717) is 17.9 Å². The SMILES string of the molecule is CC(C)Oc1cccc(C(C)Nc2ccc([N+](=O)[O-])cc2N2CCOC2=O)c1. The predicted octanol–water partition coefficient (Wildman–Crippen LogP) is 4.51. The van der Waals surface area contributed by atoms with Crippen molar-refractivity contribution in [3.05, 3.63) is 58.1 Å². The molecule has 0 aliphatic carbocycles. The number of amides is 1. The summed E-state index contributed by atoms with van der Waals surface area (Å²) in [5, 5.41) is 14.5. The molecule has 0 bridgehead atoms. The van der Waals surface area contributed by atoms with Crippen LogP contribution in [0.2, 0.25) is 0 Å². The molecule has 2 aromatic carbocycles. The van der Waals surface area contributed by atoms with Crippen LogP contribution in [0, 0.1) is 10.1 Å². The van der Waals surface area contributed by atoms with E-state index >= 15 is 0 Å². The molecule has 0 spiro atoms. The predicted molar refractivity (Wildman–Crippen MR) is 106 cm³/mol. The minimum Gasteiger partial charge on any atom is -0.491 e. The van der Waals surface area contributed by atoms with Crippen LogP contribution in [0.4, 0.5) is 21.9 Å². The topological polar surface area (TPSA) is 93.9 Å². The van der Waals surface area contributed by atoms with Crippen LogP contribution < -0.4 is 15.0 Å². The van der Waals surface area contributed by atoms with Crippen molar-refractivity contribution in [3.63, 3.8) is 0 Å². The molecule has 3 rings (SSSR count). The Morgan fingerprint density at radius 3 is 2.64 bits per heavy atom. The maximum absolute atomic E-state index is 12.0. The lowest BCUT2D eigenvalue weighted by atomic mass is 10.1. The monoisotopic (exact) mass is 385 g/mol. The molecule has 1 amide bonds. The van der Waals surface area contributed by atoms with Crippen LogP contribution in [0.25, 0.3) is 0 Å². The van der Waals surface area contributed by atoms with Crippen molar-refractivity contribution < 1.29 is 19.2 Å². The van der Waals surface area contributed by atoms with E-state index in [4.69, 9.17) is 9.47 Å². The van der Waals surface area contributed by atoms with Crippen LogP contribution in [0.5, 0.6) is 5.75 Å². The highest BCUT2D eigenvalue weighted by Gasteiger charge is 2.28. The fourth-order valence-electron chi connectivity index (χ4n) is 3.04. The Morgan fingerprint density at radius 1 is 1.21 bits per heavy atom. The molecule has 1 atom stereocenters. The number of nitro benzene ring substituents is 1. The number of carbonyl (C=O) groups is 1. The Balaban J connectivity index is 1.89. The van der Waals surface area contributed by atoms with Gasteiger partial charge in [-0.2, -0.15) is 0 Å². The number of carbonyl (C=O) groups excluding carboxylic acids is 1. The van der Waals surface area contributed by atoms with Crippen LogP contribution in [-0.2, 0) is 4.74 Å². The van der Waals surface area contributed by atoms with Crippen LogP contribution in [0.1, 0.15) is 32.4 Å². The first-order valence-electron chi connectivity index (χ1n) is 9.11. The van der Waals surface area contributed by atoms with E-state index in [1.807, 2.05) is 45.0 Å². The van der Waals surface area contributed by atoms with Crippen LogP contribution in [0.3, 0.4) is 0 Å². The molecule has 148 valence electrons. The summed E-state index contributed by atoms with van der Waals surface area (Å²) in [6.45, 7) is 6.51. The number of non-ortho nitro benzene ring substituents is 1. The molecule has 1 unspecified atom stereocenters.